The summed E-state index contributed by atoms with van der Waals surface area (Å²) in [5.41, 5.74) is 0.981. The molecule has 1 N–H and O–H groups in total. The Hall–Kier alpha value is -0.940. The first-order valence-electron chi connectivity index (χ1n) is 6.32. The molecule has 2 rings (SSSR count). The lowest BCUT2D eigenvalue weighted by Crippen LogP contribution is -2.44. The van der Waals surface area contributed by atoms with E-state index in [1.165, 1.54) is 0 Å². The normalized spacial score (nSPS) is 18.9. The molecule has 0 aliphatic carbocycles. The van der Waals surface area contributed by atoms with Gasteiger partial charge in [-0.3, -0.25) is 4.79 Å². The third kappa shape index (κ3) is 2.90. The fourth-order valence-electron chi connectivity index (χ4n) is 2.56. The van der Waals surface area contributed by atoms with Gasteiger partial charge in [-0.1, -0.05) is 0 Å². The SMILES string of the molecule is CC(=O)N1CCC(CO)(Cc2csc(C)n2)CC1. The van der Waals surface area contributed by atoms with Crippen LogP contribution >= 0.6 is 11.3 Å². The summed E-state index contributed by atoms with van der Waals surface area (Å²) in [7, 11) is 0. The number of carbonyl (C=O) groups is 1. The minimum absolute atomic E-state index is 0.0908. The number of amides is 1. The van der Waals surface area contributed by atoms with E-state index in [9.17, 15) is 9.90 Å². The van der Waals surface area contributed by atoms with Gasteiger partial charge in [-0.2, -0.15) is 0 Å². The van der Waals surface area contributed by atoms with E-state index in [1.54, 1.807) is 18.3 Å². The average Bonchev–Trinajstić information content (AvgIpc) is 2.75. The lowest BCUT2D eigenvalue weighted by molar-refractivity contribution is -0.131. The number of aromatic nitrogens is 1. The smallest absolute Gasteiger partial charge is 0.219 e. The predicted molar refractivity (Wildman–Crippen MR) is 71.6 cm³/mol. The quantitative estimate of drug-likeness (QED) is 0.906. The van der Waals surface area contributed by atoms with Crippen molar-refractivity contribution >= 4 is 17.2 Å². The van der Waals surface area contributed by atoms with Crippen molar-refractivity contribution in [1.82, 2.24) is 9.88 Å². The number of hydrogen-bond donors (Lipinski definition) is 1. The highest BCUT2D eigenvalue weighted by Gasteiger charge is 2.35. The average molecular weight is 268 g/mol. The molecular formula is C13H20N2O2S. The maximum Gasteiger partial charge on any atom is 0.219 e. The second kappa shape index (κ2) is 5.36. The molecule has 1 aliphatic rings. The van der Waals surface area contributed by atoms with Crippen molar-refractivity contribution in [3.63, 3.8) is 0 Å². The fourth-order valence-corrected chi connectivity index (χ4v) is 3.17. The molecule has 18 heavy (non-hydrogen) atoms. The highest BCUT2D eigenvalue weighted by atomic mass is 32.1. The van der Waals surface area contributed by atoms with Crippen molar-refractivity contribution < 1.29 is 9.90 Å². The van der Waals surface area contributed by atoms with Gasteiger partial charge in [0.15, 0.2) is 0 Å². The number of aryl methyl sites for hydroxylation is 1. The van der Waals surface area contributed by atoms with Gasteiger partial charge in [0.25, 0.3) is 0 Å². The van der Waals surface area contributed by atoms with E-state index in [0.717, 1.165) is 43.1 Å². The van der Waals surface area contributed by atoms with Gasteiger partial charge in [-0.05, 0) is 26.2 Å². The number of piperidine rings is 1. The van der Waals surface area contributed by atoms with E-state index >= 15 is 0 Å². The Labute approximate surface area is 112 Å². The van der Waals surface area contributed by atoms with E-state index in [1.807, 2.05) is 11.8 Å². The number of hydrogen-bond acceptors (Lipinski definition) is 4. The fraction of sp³-hybridized carbons (Fsp3) is 0.692. The number of nitrogens with zero attached hydrogens (tertiary/aromatic N) is 2. The maximum atomic E-state index is 11.3. The van der Waals surface area contributed by atoms with Gasteiger partial charge < -0.3 is 10.0 Å². The van der Waals surface area contributed by atoms with E-state index in [-0.39, 0.29) is 17.9 Å². The standard InChI is InChI=1S/C13H20N2O2S/c1-10-14-12(8-18-10)7-13(9-16)3-5-15(6-4-13)11(2)17/h8,16H,3-7,9H2,1-2H3. The highest BCUT2D eigenvalue weighted by molar-refractivity contribution is 7.09. The van der Waals surface area contributed by atoms with Gasteiger partial charge in [0.2, 0.25) is 5.91 Å². The van der Waals surface area contributed by atoms with Gasteiger partial charge >= 0.3 is 0 Å². The first-order chi connectivity index (χ1) is 8.54. The van der Waals surface area contributed by atoms with Crippen LogP contribution in [0.4, 0.5) is 0 Å². The monoisotopic (exact) mass is 268 g/mol. The van der Waals surface area contributed by atoms with Crippen LogP contribution in [0, 0.1) is 12.3 Å². The number of thiazole rings is 1. The molecule has 1 fully saturated rings. The molecule has 0 radical (unpaired) electrons. The molecule has 1 aliphatic heterocycles. The molecule has 0 spiro atoms. The van der Waals surface area contributed by atoms with Crippen molar-refractivity contribution in [2.75, 3.05) is 19.7 Å². The van der Waals surface area contributed by atoms with Crippen LogP contribution in [-0.2, 0) is 11.2 Å². The summed E-state index contributed by atoms with van der Waals surface area (Å²) in [5.74, 6) is 0.131. The second-order valence-electron chi connectivity index (χ2n) is 5.20. The lowest BCUT2D eigenvalue weighted by atomic mass is 9.75. The van der Waals surface area contributed by atoms with Gasteiger partial charge in [-0.15, -0.1) is 11.3 Å². The van der Waals surface area contributed by atoms with Crippen molar-refractivity contribution in [1.29, 1.82) is 0 Å². The molecule has 100 valence electrons. The van der Waals surface area contributed by atoms with Crippen LogP contribution in [0.1, 0.15) is 30.5 Å². The van der Waals surface area contributed by atoms with Crippen molar-refractivity contribution in [3.05, 3.63) is 16.1 Å². The lowest BCUT2D eigenvalue weighted by Gasteiger charge is -2.40. The van der Waals surface area contributed by atoms with Crippen LogP contribution in [0.5, 0.6) is 0 Å². The Balaban J connectivity index is 2.02. The number of rotatable bonds is 3. The van der Waals surface area contributed by atoms with Crippen LogP contribution in [-0.4, -0.2) is 40.6 Å². The molecule has 0 unspecified atom stereocenters. The first-order valence-corrected chi connectivity index (χ1v) is 7.20. The molecule has 0 atom stereocenters. The Morgan fingerprint density at radius 1 is 1.56 bits per heavy atom. The van der Waals surface area contributed by atoms with Crippen LogP contribution in [0.15, 0.2) is 5.38 Å². The maximum absolute atomic E-state index is 11.3. The van der Waals surface area contributed by atoms with E-state index in [4.69, 9.17) is 0 Å². The summed E-state index contributed by atoms with van der Waals surface area (Å²) in [6, 6.07) is 0. The zero-order valence-corrected chi connectivity index (χ0v) is 11.8. The van der Waals surface area contributed by atoms with E-state index in [2.05, 4.69) is 10.4 Å². The zero-order chi connectivity index (χ0) is 13.2. The Kier molecular flexibility index (Phi) is 4.02. The molecule has 1 amide bonds. The Morgan fingerprint density at radius 2 is 2.22 bits per heavy atom. The van der Waals surface area contributed by atoms with Crippen molar-refractivity contribution in [3.8, 4) is 0 Å². The molecule has 0 bridgehead atoms. The molecule has 0 saturated carbocycles. The van der Waals surface area contributed by atoms with Gasteiger partial charge in [-0.25, -0.2) is 4.98 Å². The molecule has 4 nitrogen and oxygen atoms in total. The number of aliphatic hydroxyl groups is 1. The molecule has 2 heterocycles. The van der Waals surface area contributed by atoms with Crippen LogP contribution < -0.4 is 0 Å². The van der Waals surface area contributed by atoms with Crippen LogP contribution in [0.3, 0.4) is 0 Å². The van der Waals surface area contributed by atoms with E-state index < -0.39 is 0 Å². The minimum atomic E-state index is -0.0908. The van der Waals surface area contributed by atoms with E-state index in [0.29, 0.717) is 0 Å². The molecule has 0 aromatic carbocycles. The first kappa shape index (κ1) is 13.5. The zero-order valence-electron chi connectivity index (χ0n) is 11.0. The number of aliphatic hydroxyl groups excluding tert-OH is 1. The Morgan fingerprint density at radius 3 is 2.67 bits per heavy atom. The Bertz CT molecular complexity index is 422. The largest absolute Gasteiger partial charge is 0.396 e. The van der Waals surface area contributed by atoms with Crippen LogP contribution in [0.2, 0.25) is 0 Å². The summed E-state index contributed by atoms with van der Waals surface area (Å²) in [6.45, 7) is 5.28. The summed E-state index contributed by atoms with van der Waals surface area (Å²) < 4.78 is 0. The third-order valence-electron chi connectivity index (χ3n) is 3.83. The third-order valence-corrected chi connectivity index (χ3v) is 4.65. The second-order valence-corrected chi connectivity index (χ2v) is 6.26. The summed E-state index contributed by atoms with van der Waals surface area (Å²) in [6.07, 6.45) is 2.54. The van der Waals surface area contributed by atoms with Crippen LogP contribution in [0.25, 0.3) is 0 Å². The van der Waals surface area contributed by atoms with Gasteiger partial charge in [0, 0.05) is 37.4 Å². The van der Waals surface area contributed by atoms with Crippen molar-refractivity contribution in [2.45, 2.75) is 33.1 Å². The summed E-state index contributed by atoms with van der Waals surface area (Å²) in [5, 5.41) is 12.8. The van der Waals surface area contributed by atoms with Gasteiger partial charge in [0.1, 0.15) is 0 Å². The summed E-state index contributed by atoms with van der Waals surface area (Å²) in [4.78, 5) is 17.7. The van der Waals surface area contributed by atoms with Gasteiger partial charge in [0.05, 0.1) is 10.7 Å². The minimum Gasteiger partial charge on any atom is -0.396 e. The molecule has 1 aromatic heterocycles. The molecule has 5 heteroatoms. The summed E-state index contributed by atoms with van der Waals surface area (Å²) >= 11 is 1.65. The van der Waals surface area contributed by atoms with Crippen molar-refractivity contribution in [2.24, 2.45) is 5.41 Å². The topological polar surface area (TPSA) is 53.4 Å². The molecular weight excluding hydrogens is 248 g/mol. The number of likely N-dealkylation sites (tertiary alicyclic amines) is 1. The number of carbonyl (C=O) groups excluding carboxylic acids is 1. The predicted octanol–water partition coefficient (Wildman–Crippen LogP) is 1.62. The molecule has 1 aromatic rings. The molecule has 1 saturated heterocycles. The highest BCUT2D eigenvalue weighted by Crippen LogP contribution is 2.34.